The third-order valence-corrected chi connectivity index (χ3v) is 6.64. The van der Waals surface area contributed by atoms with Crippen LogP contribution in [0.25, 0.3) is 0 Å². The minimum atomic E-state index is -3.67. The third-order valence-electron chi connectivity index (χ3n) is 4.73. The van der Waals surface area contributed by atoms with Gasteiger partial charge in [0.05, 0.1) is 10.5 Å². The Morgan fingerprint density at radius 2 is 1.73 bits per heavy atom. The van der Waals surface area contributed by atoms with Crippen molar-refractivity contribution in [2.24, 2.45) is 5.92 Å². The minimum absolute atomic E-state index is 0.0452. The molecule has 1 fully saturated rings. The summed E-state index contributed by atoms with van der Waals surface area (Å²) in [5.41, 5.74) is 0.0452. The van der Waals surface area contributed by atoms with Crippen LogP contribution < -0.4 is 0 Å². The summed E-state index contributed by atoms with van der Waals surface area (Å²) in [6.45, 7) is 5.96. The van der Waals surface area contributed by atoms with Crippen LogP contribution in [-0.2, 0) is 14.8 Å². The van der Waals surface area contributed by atoms with E-state index in [1.165, 1.54) is 28.6 Å². The van der Waals surface area contributed by atoms with Crippen molar-refractivity contribution in [3.63, 3.8) is 0 Å². The van der Waals surface area contributed by atoms with Gasteiger partial charge in [0.1, 0.15) is 0 Å². The Morgan fingerprint density at radius 3 is 2.19 bits per heavy atom. The van der Waals surface area contributed by atoms with E-state index in [4.69, 9.17) is 5.11 Å². The van der Waals surface area contributed by atoms with Gasteiger partial charge in [-0.3, -0.25) is 4.79 Å². The zero-order chi connectivity index (χ0) is 19.3. The smallest absolute Gasteiger partial charge is 0.335 e. The fourth-order valence-electron chi connectivity index (χ4n) is 3.21. The zero-order valence-electron chi connectivity index (χ0n) is 15.2. The molecule has 0 spiro atoms. The summed E-state index contributed by atoms with van der Waals surface area (Å²) >= 11 is 0. The molecule has 2 rings (SSSR count). The summed E-state index contributed by atoms with van der Waals surface area (Å²) in [7, 11) is -3.67. The van der Waals surface area contributed by atoms with Crippen molar-refractivity contribution in [1.29, 1.82) is 0 Å². The van der Waals surface area contributed by atoms with E-state index in [1.54, 1.807) is 0 Å². The first kappa shape index (κ1) is 20.4. The number of hydrogen-bond donors (Lipinski definition) is 1. The van der Waals surface area contributed by atoms with E-state index in [0.717, 1.165) is 13.0 Å². The van der Waals surface area contributed by atoms with Crippen molar-refractivity contribution in [2.75, 3.05) is 26.2 Å². The maximum Gasteiger partial charge on any atom is 0.335 e. The minimum Gasteiger partial charge on any atom is -0.478 e. The number of benzene rings is 1. The number of aromatic carboxylic acids is 1. The van der Waals surface area contributed by atoms with E-state index < -0.39 is 16.0 Å². The molecule has 1 saturated heterocycles. The number of carboxylic acids is 1. The Kier molecular flexibility index (Phi) is 6.77. The van der Waals surface area contributed by atoms with Crippen LogP contribution in [0.5, 0.6) is 0 Å². The SMILES string of the molecule is CCCN(CC)C(=O)C1CCN(S(=O)(=O)c2ccc(C(=O)O)cc2)CC1. The fraction of sp³-hybridized carbons (Fsp3) is 0.556. The number of carboxylic acid groups (broad SMARTS) is 1. The lowest BCUT2D eigenvalue weighted by Crippen LogP contribution is -2.44. The van der Waals surface area contributed by atoms with Gasteiger partial charge < -0.3 is 10.0 Å². The van der Waals surface area contributed by atoms with Gasteiger partial charge >= 0.3 is 5.97 Å². The standard InChI is InChI=1S/C18H26N2O5S/c1-3-11-19(4-2)17(21)14-9-12-20(13-10-14)26(24,25)16-7-5-15(6-8-16)18(22)23/h5-8,14H,3-4,9-13H2,1-2H3,(H,22,23). The Labute approximate surface area is 154 Å². The van der Waals surface area contributed by atoms with Crippen LogP contribution in [0.15, 0.2) is 29.2 Å². The second kappa shape index (κ2) is 8.64. The number of rotatable bonds is 7. The van der Waals surface area contributed by atoms with Crippen LogP contribution >= 0.6 is 0 Å². The van der Waals surface area contributed by atoms with E-state index in [0.29, 0.717) is 32.5 Å². The van der Waals surface area contributed by atoms with Gasteiger partial charge in [0.15, 0.2) is 0 Å². The van der Waals surface area contributed by atoms with Crippen LogP contribution in [0.1, 0.15) is 43.5 Å². The van der Waals surface area contributed by atoms with Gasteiger partial charge in [-0.15, -0.1) is 0 Å². The van der Waals surface area contributed by atoms with Gasteiger partial charge in [0, 0.05) is 32.1 Å². The second-order valence-electron chi connectivity index (χ2n) is 6.43. The molecule has 1 aliphatic heterocycles. The highest BCUT2D eigenvalue weighted by molar-refractivity contribution is 7.89. The number of nitrogens with zero attached hydrogens (tertiary/aromatic N) is 2. The molecule has 0 bridgehead atoms. The summed E-state index contributed by atoms with van der Waals surface area (Å²) < 4.78 is 26.8. The maximum atomic E-state index is 12.7. The number of hydrogen-bond acceptors (Lipinski definition) is 4. The highest BCUT2D eigenvalue weighted by atomic mass is 32.2. The second-order valence-corrected chi connectivity index (χ2v) is 8.36. The predicted molar refractivity (Wildman–Crippen MR) is 97.4 cm³/mol. The van der Waals surface area contributed by atoms with E-state index in [9.17, 15) is 18.0 Å². The molecular formula is C18H26N2O5S. The third kappa shape index (κ3) is 4.42. The van der Waals surface area contributed by atoms with Crippen LogP contribution in [0.4, 0.5) is 0 Å². The normalized spacial score (nSPS) is 16.4. The molecular weight excluding hydrogens is 356 g/mol. The Bertz CT molecular complexity index is 737. The van der Waals surface area contributed by atoms with Crippen LogP contribution in [0.3, 0.4) is 0 Å². The van der Waals surface area contributed by atoms with Crippen molar-refractivity contribution in [3.8, 4) is 0 Å². The molecule has 1 amide bonds. The fourth-order valence-corrected chi connectivity index (χ4v) is 4.68. The van der Waals surface area contributed by atoms with Gasteiger partial charge in [-0.25, -0.2) is 13.2 Å². The maximum absolute atomic E-state index is 12.7. The first-order chi connectivity index (χ1) is 12.3. The lowest BCUT2D eigenvalue weighted by Gasteiger charge is -2.33. The topological polar surface area (TPSA) is 95.0 Å². The molecule has 1 aliphatic rings. The molecule has 1 heterocycles. The van der Waals surface area contributed by atoms with Gasteiger partial charge in [0.2, 0.25) is 15.9 Å². The molecule has 8 heteroatoms. The molecule has 0 saturated carbocycles. The molecule has 1 aromatic carbocycles. The van der Waals surface area contributed by atoms with Gasteiger partial charge in [-0.2, -0.15) is 4.31 Å². The summed E-state index contributed by atoms with van der Waals surface area (Å²) in [5.74, 6) is -1.12. The molecule has 7 nitrogen and oxygen atoms in total. The van der Waals surface area contributed by atoms with E-state index in [-0.39, 0.29) is 22.3 Å². The number of carbonyl (C=O) groups excluding carboxylic acids is 1. The van der Waals surface area contributed by atoms with Crippen molar-refractivity contribution in [3.05, 3.63) is 29.8 Å². The molecule has 0 atom stereocenters. The highest BCUT2D eigenvalue weighted by Gasteiger charge is 2.33. The molecule has 0 unspecified atom stereocenters. The summed E-state index contributed by atoms with van der Waals surface area (Å²) in [6, 6.07) is 5.21. The van der Waals surface area contributed by atoms with Gasteiger partial charge in [-0.1, -0.05) is 6.92 Å². The summed E-state index contributed by atoms with van der Waals surface area (Å²) in [4.78, 5) is 25.4. The van der Waals surface area contributed by atoms with E-state index >= 15 is 0 Å². The van der Waals surface area contributed by atoms with Crippen LogP contribution in [0.2, 0.25) is 0 Å². The molecule has 1 aromatic rings. The van der Waals surface area contributed by atoms with Crippen molar-refractivity contribution >= 4 is 21.9 Å². The monoisotopic (exact) mass is 382 g/mol. The van der Waals surface area contributed by atoms with E-state index in [1.807, 2.05) is 18.7 Å². The van der Waals surface area contributed by atoms with Crippen LogP contribution in [-0.4, -0.2) is 60.8 Å². The molecule has 144 valence electrons. The van der Waals surface area contributed by atoms with Crippen molar-refractivity contribution in [2.45, 2.75) is 38.0 Å². The summed E-state index contributed by atoms with van der Waals surface area (Å²) in [5, 5.41) is 8.92. The number of amides is 1. The number of sulfonamides is 1. The Balaban J connectivity index is 2.04. The lowest BCUT2D eigenvalue weighted by molar-refractivity contribution is -0.136. The average Bonchev–Trinajstić information content (AvgIpc) is 2.65. The first-order valence-electron chi connectivity index (χ1n) is 8.93. The summed E-state index contributed by atoms with van der Waals surface area (Å²) in [6.07, 6.45) is 1.91. The quantitative estimate of drug-likeness (QED) is 0.779. The van der Waals surface area contributed by atoms with Crippen LogP contribution in [0, 0.1) is 5.92 Å². The molecule has 0 radical (unpaired) electrons. The molecule has 0 aromatic heterocycles. The number of piperidine rings is 1. The molecule has 0 aliphatic carbocycles. The average molecular weight is 382 g/mol. The number of carbonyl (C=O) groups is 2. The largest absolute Gasteiger partial charge is 0.478 e. The zero-order valence-corrected chi connectivity index (χ0v) is 16.0. The Morgan fingerprint density at radius 1 is 1.15 bits per heavy atom. The molecule has 26 heavy (non-hydrogen) atoms. The Hall–Kier alpha value is -1.93. The van der Waals surface area contributed by atoms with E-state index in [2.05, 4.69) is 0 Å². The van der Waals surface area contributed by atoms with Crippen molar-refractivity contribution < 1.29 is 23.1 Å². The molecule has 1 N–H and O–H groups in total. The van der Waals surface area contributed by atoms with Gasteiger partial charge in [-0.05, 0) is 50.5 Å². The lowest BCUT2D eigenvalue weighted by atomic mass is 9.96. The highest BCUT2D eigenvalue weighted by Crippen LogP contribution is 2.25. The first-order valence-corrected chi connectivity index (χ1v) is 10.4. The van der Waals surface area contributed by atoms with Gasteiger partial charge in [0.25, 0.3) is 0 Å². The predicted octanol–water partition coefficient (Wildman–Crippen LogP) is 2.04. The van der Waals surface area contributed by atoms with Crippen molar-refractivity contribution in [1.82, 2.24) is 9.21 Å².